The molecule has 0 saturated carbocycles. The Kier molecular flexibility index (Phi) is 6.73. The molecule has 0 radical (unpaired) electrons. The van der Waals surface area contributed by atoms with Crippen LogP contribution in [0.5, 0.6) is 0 Å². The zero-order valence-corrected chi connectivity index (χ0v) is 18.4. The van der Waals surface area contributed by atoms with Crippen LogP contribution in [0, 0.1) is 18.3 Å². The summed E-state index contributed by atoms with van der Waals surface area (Å²) in [5.74, 6) is 0. The van der Waals surface area contributed by atoms with Crippen molar-refractivity contribution in [1.29, 1.82) is 5.26 Å². The van der Waals surface area contributed by atoms with Gasteiger partial charge in [-0.05, 0) is 61.1 Å². The van der Waals surface area contributed by atoms with Crippen LogP contribution in [0.25, 0.3) is 0 Å². The van der Waals surface area contributed by atoms with Gasteiger partial charge in [-0.1, -0.05) is 24.3 Å². The fourth-order valence-electron chi connectivity index (χ4n) is 4.35. The summed E-state index contributed by atoms with van der Waals surface area (Å²) in [4.78, 5) is 14.6. The first kappa shape index (κ1) is 22.3. The Balaban J connectivity index is 1.34. The fourth-order valence-corrected chi connectivity index (χ4v) is 4.35. The molecule has 2 fully saturated rings. The van der Waals surface area contributed by atoms with Crippen molar-refractivity contribution in [3.8, 4) is 6.07 Å². The summed E-state index contributed by atoms with van der Waals surface area (Å²) in [7, 11) is 0. The SMILES string of the molecule is Cc1ccc(CN2CCC(F)(c3ccc(C#N)cc3)CC2)cc1NC(=O)NC1CCOC1. The number of nitrogens with zero attached hydrogens (tertiary/aromatic N) is 2. The number of nitrogens with one attached hydrogen (secondary N) is 2. The molecule has 0 bridgehead atoms. The number of piperidine rings is 1. The summed E-state index contributed by atoms with van der Waals surface area (Å²) in [5.41, 5.74) is 2.70. The van der Waals surface area contributed by atoms with E-state index < -0.39 is 5.67 Å². The molecule has 2 aromatic carbocycles. The van der Waals surface area contributed by atoms with Gasteiger partial charge < -0.3 is 15.4 Å². The van der Waals surface area contributed by atoms with Crippen LogP contribution >= 0.6 is 0 Å². The van der Waals surface area contributed by atoms with Crippen LogP contribution < -0.4 is 10.6 Å². The minimum Gasteiger partial charge on any atom is -0.379 e. The minimum absolute atomic E-state index is 0.0592. The van der Waals surface area contributed by atoms with Crippen LogP contribution in [0.15, 0.2) is 42.5 Å². The molecule has 2 heterocycles. The number of halogens is 1. The fraction of sp³-hybridized carbons (Fsp3) is 0.440. The highest BCUT2D eigenvalue weighted by Crippen LogP contribution is 2.37. The van der Waals surface area contributed by atoms with Gasteiger partial charge in [0, 0.05) is 31.9 Å². The number of rotatable bonds is 5. The standard InChI is InChI=1S/C25H29FN4O2/c1-18-2-3-20(14-23(18)29-24(31)28-22-8-13-32-17-22)16-30-11-9-25(26,10-12-30)21-6-4-19(15-27)5-7-21/h2-7,14,22H,8-13,16-17H2,1H3,(H2,28,29,31). The highest BCUT2D eigenvalue weighted by molar-refractivity contribution is 5.90. The third-order valence-corrected chi connectivity index (χ3v) is 6.40. The highest BCUT2D eigenvalue weighted by atomic mass is 19.1. The Bertz CT molecular complexity index is 988. The average molecular weight is 437 g/mol. The molecule has 2 saturated heterocycles. The number of carbonyl (C=O) groups excluding carboxylic acids is 1. The molecular weight excluding hydrogens is 407 g/mol. The first-order valence-corrected chi connectivity index (χ1v) is 11.1. The maximum absolute atomic E-state index is 15.5. The van der Waals surface area contributed by atoms with E-state index in [1.165, 1.54) is 0 Å². The zero-order chi connectivity index (χ0) is 22.6. The molecule has 2 N–H and O–H groups in total. The molecule has 1 unspecified atom stereocenters. The molecule has 2 aromatic rings. The van der Waals surface area contributed by atoms with Crippen LogP contribution in [0.2, 0.25) is 0 Å². The summed E-state index contributed by atoms with van der Waals surface area (Å²) >= 11 is 0. The molecule has 1 atom stereocenters. The maximum Gasteiger partial charge on any atom is 0.319 e. The molecule has 2 amide bonds. The summed E-state index contributed by atoms with van der Waals surface area (Å²) in [6.45, 7) is 5.20. The van der Waals surface area contributed by atoms with Crippen molar-refractivity contribution in [2.45, 2.75) is 44.4 Å². The number of hydrogen-bond acceptors (Lipinski definition) is 4. The number of amides is 2. The summed E-state index contributed by atoms with van der Waals surface area (Å²) in [5, 5.41) is 14.8. The number of urea groups is 1. The van der Waals surface area contributed by atoms with Crippen LogP contribution in [-0.4, -0.2) is 43.3 Å². The Morgan fingerprint density at radius 3 is 2.66 bits per heavy atom. The lowest BCUT2D eigenvalue weighted by Gasteiger charge is -2.36. The number of carbonyl (C=O) groups is 1. The number of aryl methyl sites for hydroxylation is 1. The van der Waals surface area contributed by atoms with Gasteiger partial charge in [-0.25, -0.2) is 9.18 Å². The van der Waals surface area contributed by atoms with Gasteiger partial charge in [0.1, 0.15) is 5.67 Å². The van der Waals surface area contributed by atoms with E-state index in [0.717, 1.165) is 23.2 Å². The van der Waals surface area contributed by atoms with Crippen molar-refractivity contribution in [2.75, 3.05) is 31.6 Å². The van der Waals surface area contributed by atoms with Gasteiger partial charge in [0.25, 0.3) is 0 Å². The second-order valence-corrected chi connectivity index (χ2v) is 8.74. The molecule has 7 heteroatoms. The number of anilines is 1. The lowest BCUT2D eigenvalue weighted by atomic mass is 9.85. The largest absolute Gasteiger partial charge is 0.379 e. The number of ether oxygens (including phenoxy) is 1. The first-order valence-electron chi connectivity index (χ1n) is 11.1. The van der Waals surface area contributed by atoms with E-state index in [2.05, 4.69) is 27.7 Å². The van der Waals surface area contributed by atoms with Crippen LogP contribution in [-0.2, 0) is 17.0 Å². The topological polar surface area (TPSA) is 77.4 Å². The van der Waals surface area contributed by atoms with E-state index in [-0.39, 0.29) is 12.1 Å². The van der Waals surface area contributed by atoms with Gasteiger partial charge in [-0.15, -0.1) is 0 Å². The summed E-state index contributed by atoms with van der Waals surface area (Å²) < 4.78 is 20.8. The Labute approximate surface area is 188 Å². The second-order valence-electron chi connectivity index (χ2n) is 8.74. The third kappa shape index (κ3) is 5.26. The maximum atomic E-state index is 15.5. The molecular formula is C25H29FN4O2. The number of likely N-dealkylation sites (tertiary alicyclic amines) is 1. The quantitative estimate of drug-likeness (QED) is 0.735. The number of benzene rings is 2. The van der Waals surface area contributed by atoms with Crippen molar-refractivity contribution in [3.05, 3.63) is 64.7 Å². The zero-order valence-electron chi connectivity index (χ0n) is 18.4. The molecule has 6 nitrogen and oxygen atoms in total. The number of alkyl halides is 1. The Morgan fingerprint density at radius 2 is 2.00 bits per heavy atom. The van der Waals surface area contributed by atoms with E-state index in [1.807, 2.05) is 19.1 Å². The van der Waals surface area contributed by atoms with Crippen molar-refractivity contribution in [2.24, 2.45) is 0 Å². The molecule has 2 aliphatic heterocycles. The minimum atomic E-state index is -1.35. The van der Waals surface area contributed by atoms with Gasteiger partial charge in [0.2, 0.25) is 0 Å². The van der Waals surface area contributed by atoms with Crippen molar-refractivity contribution in [3.63, 3.8) is 0 Å². The lowest BCUT2D eigenvalue weighted by Crippen LogP contribution is -2.40. The summed E-state index contributed by atoms with van der Waals surface area (Å²) in [6, 6.07) is 14.8. The smallest absolute Gasteiger partial charge is 0.319 e. The van der Waals surface area contributed by atoms with Gasteiger partial charge in [-0.2, -0.15) is 5.26 Å². The van der Waals surface area contributed by atoms with E-state index in [0.29, 0.717) is 56.8 Å². The van der Waals surface area contributed by atoms with Gasteiger partial charge in [-0.3, -0.25) is 4.90 Å². The van der Waals surface area contributed by atoms with Crippen molar-refractivity contribution < 1.29 is 13.9 Å². The van der Waals surface area contributed by atoms with Crippen LogP contribution in [0.1, 0.15) is 41.5 Å². The molecule has 168 valence electrons. The molecule has 2 aliphatic rings. The number of nitriles is 1. The van der Waals surface area contributed by atoms with E-state index >= 15 is 4.39 Å². The third-order valence-electron chi connectivity index (χ3n) is 6.40. The monoisotopic (exact) mass is 436 g/mol. The van der Waals surface area contributed by atoms with Gasteiger partial charge >= 0.3 is 6.03 Å². The van der Waals surface area contributed by atoms with Crippen molar-refractivity contribution >= 4 is 11.7 Å². The van der Waals surface area contributed by atoms with Crippen molar-refractivity contribution in [1.82, 2.24) is 10.2 Å². The predicted octanol–water partition coefficient (Wildman–Crippen LogP) is 4.24. The van der Waals surface area contributed by atoms with Gasteiger partial charge in [0.05, 0.1) is 24.3 Å². The average Bonchev–Trinajstić information content (AvgIpc) is 3.30. The Hall–Kier alpha value is -2.95. The summed E-state index contributed by atoms with van der Waals surface area (Å²) in [6.07, 6.45) is 1.67. The van der Waals surface area contributed by atoms with Crippen LogP contribution in [0.3, 0.4) is 0 Å². The molecule has 0 aromatic heterocycles. The molecule has 0 spiro atoms. The number of hydrogen-bond donors (Lipinski definition) is 2. The normalized spacial score (nSPS) is 20.5. The molecule has 4 rings (SSSR count). The van der Waals surface area contributed by atoms with E-state index in [4.69, 9.17) is 10.00 Å². The predicted molar refractivity (Wildman–Crippen MR) is 121 cm³/mol. The van der Waals surface area contributed by atoms with E-state index in [1.54, 1.807) is 24.3 Å². The lowest BCUT2D eigenvalue weighted by molar-refractivity contribution is 0.0526. The van der Waals surface area contributed by atoms with E-state index in [9.17, 15) is 4.79 Å². The first-order chi connectivity index (χ1) is 15.4. The van der Waals surface area contributed by atoms with Crippen LogP contribution in [0.4, 0.5) is 14.9 Å². The van der Waals surface area contributed by atoms with Gasteiger partial charge in [0.15, 0.2) is 0 Å². The molecule has 0 aliphatic carbocycles. The molecule has 32 heavy (non-hydrogen) atoms. The Morgan fingerprint density at radius 1 is 1.25 bits per heavy atom. The highest BCUT2D eigenvalue weighted by Gasteiger charge is 2.36. The second kappa shape index (κ2) is 9.68.